The molecule has 86 valence electrons. The molecule has 0 aromatic heterocycles. The summed E-state index contributed by atoms with van der Waals surface area (Å²) in [7, 11) is -0.702. The molecule has 0 heterocycles. The molecule has 1 aromatic rings. The minimum absolute atomic E-state index is 0.152. The van der Waals surface area contributed by atoms with E-state index >= 15 is 0 Å². The first-order valence-electron chi connectivity index (χ1n) is 5.08. The second-order valence-corrected chi connectivity index (χ2v) is 10.6. The van der Waals surface area contributed by atoms with Crippen molar-refractivity contribution in [3.05, 3.63) is 34.4 Å². The number of anilines is 1. The summed E-state index contributed by atoms with van der Waals surface area (Å²) in [4.78, 5) is 10.2. The van der Waals surface area contributed by atoms with Crippen molar-refractivity contribution < 1.29 is 4.92 Å². The number of nitro groups is 1. The second-order valence-electron chi connectivity index (χ2n) is 4.50. The summed E-state index contributed by atoms with van der Waals surface area (Å²) in [6.45, 7) is 8.94. The molecule has 6 heteroatoms. The molecule has 16 heavy (non-hydrogen) atoms. The number of hydrogen-bond donors (Lipinski definition) is 0. The Morgan fingerprint density at radius 1 is 1.25 bits per heavy atom. The molecule has 1 rings (SSSR count). The summed E-state index contributed by atoms with van der Waals surface area (Å²) in [6, 6.07) is 6.82. The molecule has 0 spiro atoms. The molecule has 0 saturated heterocycles. The van der Waals surface area contributed by atoms with Crippen LogP contribution < -0.4 is 4.23 Å². The molecule has 1 aromatic carbocycles. The molecular weight excluding hydrogens is 236 g/mol. The Bertz CT molecular complexity index is 373. The van der Waals surface area contributed by atoms with Gasteiger partial charge in [-0.25, -0.2) is 0 Å². The summed E-state index contributed by atoms with van der Waals surface area (Å²) in [5.41, 5.74) is 1.24. The van der Waals surface area contributed by atoms with E-state index in [1.807, 2.05) is 12.1 Å². The van der Waals surface area contributed by atoms with Crippen LogP contribution in [0.1, 0.15) is 0 Å². The first kappa shape index (κ1) is 12.9. The lowest BCUT2D eigenvalue weighted by Gasteiger charge is -2.35. The van der Waals surface area contributed by atoms with E-state index in [0.717, 1.165) is 5.69 Å². The van der Waals surface area contributed by atoms with Crippen molar-refractivity contribution in [3.63, 3.8) is 0 Å². The van der Waals surface area contributed by atoms with E-state index in [1.165, 1.54) is 0 Å². The van der Waals surface area contributed by atoms with Gasteiger partial charge in [0.15, 0.2) is 9.68 Å². The van der Waals surface area contributed by atoms with Crippen molar-refractivity contribution in [1.29, 1.82) is 0 Å². The van der Waals surface area contributed by atoms with Crippen molar-refractivity contribution in [2.45, 2.75) is 26.2 Å². The summed E-state index contributed by atoms with van der Waals surface area (Å²) in [6.07, 6.45) is 0. The van der Waals surface area contributed by atoms with Gasteiger partial charge in [0, 0.05) is 17.8 Å². The van der Waals surface area contributed by atoms with E-state index in [9.17, 15) is 10.1 Å². The highest BCUT2D eigenvalue weighted by Crippen LogP contribution is 2.23. The van der Waals surface area contributed by atoms with Gasteiger partial charge in [0.25, 0.3) is 5.69 Å². The molecule has 4 nitrogen and oxygen atoms in total. The summed E-state index contributed by atoms with van der Waals surface area (Å²) >= 11 is 0. The van der Waals surface area contributed by atoms with E-state index in [-0.39, 0.29) is 10.6 Å². The number of nitro benzene ring substituents is 1. The quantitative estimate of drug-likeness (QED) is 0.470. The first-order chi connectivity index (χ1) is 7.36. The second kappa shape index (κ2) is 4.79. The Hall–Kier alpha value is -1.15. The SMILES string of the molecule is C[Si]N(c1ccc([N+](=O)[O-])cc1)[Si](C)(C)C. The zero-order chi connectivity index (χ0) is 12.3. The topological polar surface area (TPSA) is 46.4 Å². The summed E-state index contributed by atoms with van der Waals surface area (Å²) < 4.78 is 2.37. The van der Waals surface area contributed by atoms with Crippen LogP contribution in [0.2, 0.25) is 26.2 Å². The third-order valence-electron chi connectivity index (χ3n) is 2.21. The highest BCUT2D eigenvalue weighted by Gasteiger charge is 2.23. The van der Waals surface area contributed by atoms with Gasteiger partial charge >= 0.3 is 0 Å². The number of non-ortho nitro benzene ring substituents is 1. The third kappa shape index (κ3) is 2.92. The molecule has 0 bridgehead atoms. The molecule has 0 aliphatic carbocycles. The third-order valence-corrected chi connectivity index (χ3v) is 7.20. The molecule has 2 radical (unpaired) electrons. The maximum atomic E-state index is 10.6. The molecule has 0 aliphatic rings. The van der Waals surface area contributed by atoms with Crippen molar-refractivity contribution in [3.8, 4) is 0 Å². The van der Waals surface area contributed by atoms with Crippen molar-refractivity contribution in [2.75, 3.05) is 4.23 Å². The predicted molar refractivity (Wildman–Crippen MR) is 70.5 cm³/mol. The van der Waals surface area contributed by atoms with E-state index in [1.54, 1.807) is 12.1 Å². The van der Waals surface area contributed by atoms with E-state index in [2.05, 4.69) is 30.4 Å². The Kier molecular flexibility index (Phi) is 3.87. The monoisotopic (exact) mass is 252 g/mol. The van der Waals surface area contributed by atoms with Crippen LogP contribution >= 0.6 is 0 Å². The van der Waals surface area contributed by atoms with Gasteiger partial charge in [-0.05, 0) is 12.1 Å². The van der Waals surface area contributed by atoms with Gasteiger partial charge in [-0.15, -0.1) is 0 Å². The zero-order valence-corrected chi connectivity index (χ0v) is 12.0. The molecular formula is C10H16N2O2Si2. The fourth-order valence-corrected chi connectivity index (χ4v) is 5.59. The van der Waals surface area contributed by atoms with Crippen LogP contribution in [0.3, 0.4) is 0 Å². The fraction of sp³-hybridized carbons (Fsp3) is 0.400. The van der Waals surface area contributed by atoms with E-state index in [4.69, 9.17) is 0 Å². The fourth-order valence-electron chi connectivity index (χ4n) is 1.58. The Morgan fingerprint density at radius 2 is 1.75 bits per heavy atom. The van der Waals surface area contributed by atoms with Crippen LogP contribution in [0, 0.1) is 10.1 Å². The van der Waals surface area contributed by atoms with E-state index < -0.39 is 8.24 Å². The van der Waals surface area contributed by atoms with Crippen molar-refractivity contribution in [2.24, 2.45) is 0 Å². The van der Waals surface area contributed by atoms with Gasteiger partial charge in [0.2, 0.25) is 0 Å². The maximum absolute atomic E-state index is 10.6. The maximum Gasteiger partial charge on any atom is 0.269 e. The molecule has 0 atom stereocenters. The standard InChI is InChI=1S/C10H16N2O2Si2/c1-15-12(16(2,3)4)10-7-5-9(6-8-10)11(13)14/h5-8H,1-4H3. The Labute approximate surface area is 99.4 Å². The van der Waals surface area contributed by atoms with Crippen molar-refractivity contribution >= 4 is 29.3 Å². The van der Waals surface area contributed by atoms with Crippen LogP contribution in [0.15, 0.2) is 24.3 Å². The first-order valence-corrected chi connectivity index (χ1v) is 9.98. The van der Waals surface area contributed by atoms with Crippen LogP contribution in [0.4, 0.5) is 11.4 Å². The number of benzene rings is 1. The van der Waals surface area contributed by atoms with Gasteiger partial charge in [-0.3, -0.25) is 10.1 Å². The summed E-state index contributed by atoms with van der Waals surface area (Å²) in [5, 5.41) is 10.6. The van der Waals surface area contributed by atoms with Crippen LogP contribution in [-0.2, 0) is 0 Å². The summed E-state index contributed by atoms with van der Waals surface area (Å²) in [5.74, 6) is 0. The molecule has 0 amide bonds. The number of hydrogen-bond acceptors (Lipinski definition) is 3. The minimum Gasteiger partial charge on any atom is -0.426 e. The molecule has 0 aliphatic heterocycles. The molecule has 0 saturated carbocycles. The minimum atomic E-state index is -1.40. The van der Waals surface area contributed by atoms with Crippen LogP contribution in [0.25, 0.3) is 0 Å². The largest absolute Gasteiger partial charge is 0.426 e. The Morgan fingerprint density at radius 3 is 2.06 bits per heavy atom. The van der Waals surface area contributed by atoms with Crippen LogP contribution in [-0.4, -0.2) is 22.8 Å². The van der Waals surface area contributed by atoms with Crippen LogP contribution in [0.5, 0.6) is 0 Å². The molecule has 0 unspecified atom stereocenters. The highest BCUT2D eigenvalue weighted by atomic mass is 28.4. The number of rotatable bonds is 4. The molecule has 0 N–H and O–H groups in total. The van der Waals surface area contributed by atoms with E-state index in [0.29, 0.717) is 9.68 Å². The predicted octanol–water partition coefficient (Wildman–Crippen LogP) is 2.90. The lowest BCUT2D eigenvalue weighted by Crippen LogP contribution is -2.47. The lowest BCUT2D eigenvalue weighted by atomic mass is 10.3. The smallest absolute Gasteiger partial charge is 0.269 e. The normalized spacial score (nSPS) is 11.2. The van der Waals surface area contributed by atoms with Gasteiger partial charge in [0.05, 0.1) is 4.92 Å². The zero-order valence-electron chi connectivity index (χ0n) is 10.0. The molecule has 0 fully saturated rings. The van der Waals surface area contributed by atoms with Gasteiger partial charge in [-0.2, -0.15) is 0 Å². The Balaban J connectivity index is 3.00. The number of nitrogens with zero attached hydrogens (tertiary/aromatic N) is 2. The van der Waals surface area contributed by atoms with Gasteiger partial charge in [0.1, 0.15) is 8.24 Å². The van der Waals surface area contributed by atoms with Crippen molar-refractivity contribution in [1.82, 2.24) is 0 Å². The highest BCUT2D eigenvalue weighted by molar-refractivity contribution is 6.87. The lowest BCUT2D eigenvalue weighted by molar-refractivity contribution is -0.384. The van der Waals surface area contributed by atoms with Gasteiger partial charge < -0.3 is 4.23 Å². The average molecular weight is 252 g/mol. The average Bonchev–Trinajstić information content (AvgIpc) is 2.17. The van der Waals surface area contributed by atoms with Gasteiger partial charge in [-0.1, -0.05) is 26.2 Å².